The van der Waals surface area contributed by atoms with Crippen molar-refractivity contribution in [3.8, 4) is 11.8 Å². The van der Waals surface area contributed by atoms with Crippen LogP contribution in [0.15, 0.2) is 71.2 Å². The van der Waals surface area contributed by atoms with E-state index < -0.39 is 17.9 Å². The third-order valence-corrected chi connectivity index (χ3v) is 5.45. The summed E-state index contributed by atoms with van der Waals surface area (Å²) in [5.74, 6) is -2.47. The Morgan fingerprint density at radius 2 is 1.71 bits per heavy atom. The number of rotatable bonds is 6. The minimum atomic E-state index is -0.961. The van der Waals surface area contributed by atoms with E-state index in [1.54, 1.807) is 48.5 Å². The zero-order valence-electron chi connectivity index (χ0n) is 19.2. The summed E-state index contributed by atoms with van der Waals surface area (Å²) in [5.41, 5.74) is 7.12. The number of ether oxygens (including phenoxy) is 3. The Balaban J connectivity index is 2.45. The molecule has 3 rings (SSSR count). The molecular formula is C25H24ClN3O5. The quantitative estimate of drug-likeness (QED) is 0.615. The lowest BCUT2D eigenvalue weighted by atomic mass is 9.81. The van der Waals surface area contributed by atoms with E-state index >= 15 is 0 Å². The van der Waals surface area contributed by atoms with E-state index in [0.29, 0.717) is 5.56 Å². The Bertz CT molecular complexity index is 1210. The van der Waals surface area contributed by atoms with Gasteiger partial charge in [-0.25, -0.2) is 9.59 Å². The molecule has 0 radical (unpaired) electrons. The van der Waals surface area contributed by atoms with Gasteiger partial charge in [0.15, 0.2) is 5.75 Å². The molecule has 0 saturated carbocycles. The van der Waals surface area contributed by atoms with E-state index in [1.807, 2.05) is 13.8 Å². The first kappa shape index (κ1) is 24.7. The van der Waals surface area contributed by atoms with E-state index in [0.717, 1.165) is 0 Å². The summed E-state index contributed by atoms with van der Waals surface area (Å²) in [4.78, 5) is 27.5. The van der Waals surface area contributed by atoms with Gasteiger partial charge in [0.05, 0.1) is 54.2 Å². The summed E-state index contributed by atoms with van der Waals surface area (Å²) in [6.45, 7) is 3.62. The third kappa shape index (κ3) is 4.43. The van der Waals surface area contributed by atoms with Crippen molar-refractivity contribution in [1.82, 2.24) is 0 Å². The molecule has 2 N–H and O–H groups in total. The highest BCUT2D eigenvalue weighted by Gasteiger charge is 2.43. The molecule has 0 fully saturated rings. The van der Waals surface area contributed by atoms with Gasteiger partial charge in [-0.15, -0.1) is 0 Å². The number of benzene rings is 2. The molecule has 2 aromatic carbocycles. The van der Waals surface area contributed by atoms with Crippen molar-refractivity contribution >= 4 is 29.2 Å². The monoisotopic (exact) mass is 481 g/mol. The van der Waals surface area contributed by atoms with Crippen molar-refractivity contribution in [2.75, 3.05) is 19.1 Å². The smallest absolute Gasteiger partial charge is 0.355 e. The SMILES string of the molecule is COC(=O)C1=C(C(=O)OC)N(c2cccc(Cl)c2OC(C)C)C(N)=C(C#N)C1c1ccccc1. The number of carbonyl (C=O) groups is 2. The van der Waals surface area contributed by atoms with Crippen LogP contribution in [0.2, 0.25) is 5.02 Å². The van der Waals surface area contributed by atoms with Crippen molar-refractivity contribution in [3.05, 3.63) is 81.8 Å². The third-order valence-electron chi connectivity index (χ3n) is 5.15. The summed E-state index contributed by atoms with van der Waals surface area (Å²) in [6, 6.07) is 15.8. The van der Waals surface area contributed by atoms with Crippen LogP contribution in [0.4, 0.5) is 5.69 Å². The van der Waals surface area contributed by atoms with Gasteiger partial charge in [-0.1, -0.05) is 48.0 Å². The summed E-state index contributed by atoms with van der Waals surface area (Å²) >= 11 is 6.43. The van der Waals surface area contributed by atoms with Crippen LogP contribution in [0, 0.1) is 11.3 Å². The molecule has 8 nitrogen and oxygen atoms in total. The Labute approximate surface area is 202 Å². The zero-order chi connectivity index (χ0) is 25.0. The summed E-state index contributed by atoms with van der Waals surface area (Å²) in [5, 5.41) is 10.4. The van der Waals surface area contributed by atoms with E-state index in [4.69, 9.17) is 31.5 Å². The van der Waals surface area contributed by atoms with Crippen molar-refractivity contribution in [2.45, 2.75) is 25.9 Å². The largest absolute Gasteiger partial charge is 0.487 e. The number of nitrogens with two attached hydrogens (primary N) is 1. The predicted octanol–water partition coefficient (Wildman–Crippen LogP) is 4.02. The molecule has 2 aromatic rings. The van der Waals surface area contributed by atoms with E-state index in [2.05, 4.69) is 6.07 Å². The number of nitriles is 1. The number of esters is 2. The van der Waals surface area contributed by atoms with Gasteiger partial charge in [-0.3, -0.25) is 4.90 Å². The number of nitrogens with zero attached hydrogens (tertiary/aromatic N) is 2. The number of para-hydroxylation sites is 1. The lowest BCUT2D eigenvalue weighted by Gasteiger charge is -2.36. The molecule has 0 aliphatic carbocycles. The molecule has 176 valence electrons. The molecule has 1 atom stereocenters. The van der Waals surface area contributed by atoms with E-state index in [9.17, 15) is 14.9 Å². The maximum Gasteiger partial charge on any atom is 0.355 e. The number of hydrogen-bond donors (Lipinski definition) is 1. The van der Waals surface area contributed by atoms with Gasteiger partial charge in [0.1, 0.15) is 11.5 Å². The Morgan fingerprint density at radius 1 is 1.06 bits per heavy atom. The normalized spacial score (nSPS) is 15.8. The van der Waals surface area contributed by atoms with E-state index in [1.165, 1.54) is 19.1 Å². The van der Waals surface area contributed by atoms with Crippen LogP contribution in [0.25, 0.3) is 0 Å². The second-order valence-corrected chi connectivity index (χ2v) is 8.00. The van der Waals surface area contributed by atoms with Crippen molar-refractivity contribution < 1.29 is 23.8 Å². The van der Waals surface area contributed by atoms with Crippen molar-refractivity contribution in [1.29, 1.82) is 5.26 Å². The van der Waals surface area contributed by atoms with Gasteiger partial charge >= 0.3 is 11.9 Å². The Morgan fingerprint density at radius 3 is 2.26 bits per heavy atom. The molecule has 0 aromatic heterocycles. The van der Waals surface area contributed by atoms with Crippen LogP contribution in [0.5, 0.6) is 5.75 Å². The van der Waals surface area contributed by atoms with Crippen LogP contribution in [-0.4, -0.2) is 32.3 Å². The molecule has 9 heteroatoms. The minimum Gasteiger partial charge on any atom is -0.487 e. The molecule has 1 aliphatic rings. The van der Waals surface area contributed by atoms with Crippen LogP contribution >= 0.6 is 11.6 Å². The molecule has 0 amide bonds. The second-order valence-electron chi connectivity index (χ2n) is 7.59. The first-order valence-electron chi connectivity index (χ1n) is 10.4. The van der Waals surface area contributed by atoms with Gasteiger partial charge in [0.25, 0.3) is 0 Å². The number of carbonyl (C=O) groups excluding carboxylic acids is 2. The van der Waals surface area contributed by atoms with Gasteiger partial charge < -0.3 is 19.9 Å². The fraction of sp³-hybridized carbons (Fsp3) is 0.240. The second kappa shape index (κ2) is 10.3. The molecule has 0 saturated heterocycles. The predicted molar refractivity (Wildman–Crippen MR) is 127 cm³/mol. The summed E-state index contributed by atoms with van der Waals surface area (Å²) in [7, 11) is 2.38. The number of anilines is 1. The molecular weight excluding hydrogens is 458 g/mol. The number of methoxy groups -OCH3 is 2. The average Bonchev–Trinajstić information content (AvgIpc) is 2.84. The standard InChI is InChI=1S/C25H24ClN3O5/c1-14(2)34-22-17(26)11-8-12-18(22)29-21(25(31)33-4)20(24(30)32-3)19(16(13-27)23(29)28)15-9-6-5-7-10-15/h5-12,14,19H,28H2,1-4H3. The van der Waals surface area contributed by atoms with E-state index in [-0.39, 0.29) is 45.2 Å². The first-order chi connectivity index (χ1) is 16.3. The molecule has 1 unspecified atom stereocenters. The minimum absolute atomic E-state index is 0.0507. The molecule has 34 heavy (non-hydrogen) atoms. The fourth-order valence-corrected chi connectivity index (χ4v) is 4.00. The lowest BCUT2D eigenvalue weighted by molar-refractivity contribution is -0.139. The summed E-state index contributed by atoms with van der Waals surface area (Å²) < 4.78 is 16.0. The van der Waals surface area contributed by atoms with Crippen molar-refractivity contribution in [2.24, 2.45) is 5.73 Å². The average molecular weight is 482 g/mol. The topological polar surface area (TPSA) is 115 Å². The molecule has 1 heterocycles. The number of hydrogen-bond acceptors (Lipinski definition) is 8. The Kier molecular flexibility index (Phi) is 7.49. The molecule has 0 bridgehead atoms. The van der Waals surface area contributed by atoms with Crippen LogP contribution in [0.3, 0.4) is 0 Å². The first-order valence-corrected chi connectivity index (χ1v) is 10.7. The maximum atomic E-state index is 13.2. The van der Waals surface area contributed by atoms with Gasteiger partial charge in [-0.2, -0.15) is 5.26 Å². The zero-order valence-corrected chi connectivity index (χ0v) is 19.9. The fourth-order valence-electron chi connectivity index (χ4n) is 3.79. The van der Waals surface area contributed by atoms with Crippen molar-refractivity contribution in [3.63, 3.8) is 0 Å². The maximum absolute atomic E-state index is 13.2. The number of halogens is 1. The lowest BCUT2D eigenvalue weighted by Crippen LogP contribution is -2.41. The van der Waals surface area contributed by atoms with Gasteiger partial charge in [0.2, 0.25) is 0 Å². The van der Waals surface area contributed by atoms with Crippen LogP contribution < -0.4 is 15.4 Å². The highest BCUT2D eigenvalue weighted by atomic mass is 35.5. The molecule has 1 aliphatic heterocycles. The van der Waals surface area contributed by atoms with Gasteiger partial charge in [0, 0.05) is 0 Å². The highest BCUT2D eigenvalue weighted by Crippen LogP contribution is 2.46. The summed E-state index contributed by atoms with van der Waals surface area (Å²) in [6.07, 6.45) is -0.271. The van der Waals surface area contributed by atoms with Gasteiger partial charge in [-0.05, 0) is 31.5 Å². The molecule has 0 spiro atoms. The van der Waals surface area contributed by atoms with Crippen LogP contribution in [-0.2, 0) is 19.1 Å². The highest BCUT2D eigenvalue weighted by molar-refractivity contribution is 6.32. The Hall–Kier alpha value is -3.96. The van der Waals surface area contributed by atoms with Crippen LogP contribution in [0.1, 0.15) is 25.3 Å². The number of allylic oxidation sites excluding steroid dienone is 1.